The third-order valence-electron chi connectivity index (χ3n) is 1.69. The van der Waals surface area contributed by atoms with Gasteiger partial charge in [0.05, 0.1) is 11.9 Å². The van der Waals surface area contributed by atoms with E-state index in [2.05, 4.69) is 17.2 Å². The minimum atomic E-state index is -0.562. The normalized spacial score (nSPS) is 10.8. The fourth-order valence-electron chi connectivity index (χ4n) is 1.05. The molecule has 0 aliphatic rings. The number of nitrogens with one attached hydrogen (secondary N) is 1. The van der Waals surface area contributed by atoms with Gasteiger partial charge in [0, 0.05) is 6.92 Å². The molecule has 5 nitrogen and oxygen atoms in total. The molecule has 0 unspecified atom stereocenters. The molecule has 1 amide bonds. The van der Waals surface area contributed by atoms with Crippen molar-refractivity contribution in [3.8, 4) is 0 Å². The first kappa shape index (κ1) is 13.2. The van der Waals surface area contributed by atoms with Crippen LogP contribution in [0.5, 0.6) is 0 Å². The Balaban J connectivity index is 2.64. The third kappa shape index (κ3) is 4.63. The van der Waals surface area contributed by atoms with Crippen molar-refractivity contribution in [2.24, 2.45) is 0 Å². The summed E-state index contributed by atoms with van der Waals surface area (Å²) in [5.41, 5.74) is 0.157. The summed E-state index contributed by atoms with van der Waals surface area (Å²) < 4.78 is 5.06. The van der Waals surface area contributed by atoms with Crippen molar-refractivity contribution in [1.29, 1.82) is 0 Å². The average molecular weight is 235 g/mol. The number of aromatic nitrogens is 1. The molecule has 1 radical (unpaired) electrons. The largest absolute Gasteiger partial charge is 0.444 e. The molecular weight excluding hydrogens is 220 g/mol. The van der Waals surface area contributed by atoms with Gasteiger partial charge < -0.3 is 4.74 Å². The highest BCUT2D eigenvalue weighted by molar-refractivity contribution is 5.97. The molecule has 0 aliphatic heterocycles. The Hall–Kier alpha value is -1.91. The van der Waals surface area contributed by atoms with E-state index in [9.17, 15) is 9.59 Å². The van der Waals surface area contributed by atoms with Crippen LogP contribution < -0.4 is 5.32 Å². The van der Waals surface area contributed by atoms with Gasteiger partial charge in [-0.05, 0) is 32.9 Å². The van der Waals surface area contributed by atoms with Crippen LogP contribution in [0.25, 0.3) is 0 Å². The first-order valence-electron chi connectivity index (χ1n) is 5.10. The summed E-state index contributed by atoms with van der Waals surface area (Å²) in [6, 6.07) is 3.05. The lowest BCUT2D eigenvalue weighted by Gasteiger charge is -2.19. The molecule has 17 heavy (non-hydrogen) atoms. The SMILES string of the molecule is [CH2]C(=O)c1ccc(NC(=O)OC(C)(C)C)cn1. The maximum atomic E-state index is 11.4. The zero-order valence-electron chi connectivity index (χ0n) is 10.1. The van der Waals surface area contributed by atoms with Gasteiger partial charge >= 0.3 is 6.09 Å². The predicted molar refractivity (Wildman–Crippen MR) is 63.8 cm³/mol. The van der Waals surface area contributed by atoms with E-state index in [1.165, 1.54) is 12.3 Å². The van der Waals surface area contributed by atoms with Gasteiger partial charge in [0.2, 0.25) is 0 Å². The van der Waals surface area contributed by atoms with E-state index in [0.717, 1.165) is 0 Å². The van der Waals surface area contributed by atoms with Crippen LogP contribution in [-0.4, -0.2) is 22.5 Å². The topological polar surface area (TPSA) is 68.3 Å². The molecule has 1 N–H and O–H groups in total. The minimum absolute atomic E-state index is 0.250. The fourth-order valence-corrected chi connectivity index (χ4v) is 1.05. The molecule has 0 atom stereocenters. The van der Waals surface area contributed by atoms with Gasteiger partial charge in [-0.1, -0.05) is 0 Å². The molecule has 0 saturated carbocycles. The van der Waals surface area contributed by atoms with Crippen LogP contribution in [0.4, 0.5) is 10.5 Å². The standard InChI is InChI=1S/C12H15N2O3/c1-8(15)10-6-5-9(7-13-10)14-11(16)17-12(2,3)4/h5-7H,1H2,2-4H3,(H,14,16). The van der Waals surface area contributed by atoms with Crippen LogP contribution in [0.15, 0.2) is 18.3 Å². The molecular formula is C12H15N2O3. The number of anilines is 1. The molecule has 0 spiro atoms. The van der Waals surface area contributed by atoms with Crippen molar-refractivity contribution >= 4 is 17.6 Å². The summed E-state index contributed by atoms with van der Waals surface area (Å²) in [6.45, 7) is 8.55. The third-order valence-corrected chi connectivity index (χ3v) is 1.69. The van der Waals surface area contributed by atoms with Crippen molar-refractivity contribution in [2.75, 3.05) is 5.32 Å². The lowest BCUT2D eigenvalue weighted by Crippen LogP contribution is -2.27. The Morgan fingerprint density at radius 2 is 2.00 bits per heavy atom. The van der Waals surface area contributed by atoms with Gasteiger partial charge in [0.1, 0.15) is 11.3 Å². The van der Waals surface area contributed by atoms with Crippen molar-refractivity contribution in [1.82, 2.24) is 4.98 Å². The lowest BCUT2D eigenvalue weighted by atomic mass is 10.2. The fraction of sp³-hybridized carbons (Fsp3) is 0.333. The van der Waals surface area contributed by atoms with Crippen molar-refractivity contribution in [2.45, 2.75) is 26.4 Å². The number of nitrogens with zero attached hydrogens (tertiary/aromatic N) is 1. The van der Waals surface area contributed by atoms with Gasteiger partial charge in [-0.2, -0.15) is 0 Å². The molecule has 0 bridgehead atoms. The van der Waals surface area contributed by atoms with E-state index in [4.69, 9.17) is 4.74 Å². The number of ketones is 1. The maximum absolute atomic E-state index is 11.4. The van der Waals surface area contributed by atoms with E-state index in [0.29, 0.717) is 5.69 Å². The van der Waals surface area contributed by atoms with Gasteiger partial charge in [-0.3, -0.25) is 15.1 Å². The summed E-state index contributed by atoms with van der Waals surface area (Å²) in [5.74, 6) is -0.367. The number of rotatable bonds is 2. The van der Waals surface area contributed by atoms with Crippen LogP contribution in [0.3, 0.4) is 0 Å². The molecule has 91 valence electrons. The Labute approximate surface area is 100 Å². The molecule has 5 heteroatoms. The summed E-state index contributed by atoms with van der Waals surface area (Å²) in [4.78, 5) is 26.1. The van der Waals surface area contributed by atoms with Gasteiger partial charge in [-0.25, -0.2) is 4.79 Å². The highest BCUT2D eigenvalue weighted by atomic mass is 16.6. The van der Waals surface area contributed by atoms with Crippen molar-refractivity contribution in [3.63, 3.8) is 0 Å². The molecule has 1 aromatic heterocycles. The summed E-state index contributed by atoms with van der Waals surface area (Å²) in [6.07, 6.45) is 0.815. The number of carbonyl (C=O) groups excluding carboxylic acids is 2. The molecule has 0 fully saturated rings. The monoisotopic (exact) mass is 235 g/mol. The van der Waals surface area contributed by atoms with Crippen LogP contribution in [0.1, 0.15) is 31.3 Å². The molecule has 1 aromatic rings. The average Bonchev–Trinajstić information content (AvgIpc) is 2.15. The van der Waals surface area contributed by atoms with Gasteiger partial charge in [0.15, 0.2) is 5.78 Å². The zero-order chi connectivity index (χ0) is 13.1. The molecule has 0 saturated heterocycles. The Kier molecular flexibility index (Phi) is 3.83. The van der Waals surface area contributed by atoms with Crippen LogP contribution in [-0.2, 0) is 4.74 Å². The van der Waals surface area contributed by atoms with Crippen LogP contribution in [0, 0.1) is 6.92 Å². The highest BCUT2D eigenvalue weighted by Crippen LogP contribution is 2.11. The van der Waals surface area contributed by atoms with E-state index in [-0.39, 0.29) is 11.5 Å². The van der Waals surface area contributed by atoms with Crippen LogP contribution in [0.2, 0.25) is 0 Å². The second-order valence-electron chi connectivity index (χ2n) is 4.48. The van der Waals surface area contributed by atoms with E-state index >= 15 is 0 Å². The molecule has 1 rings (SSSR count). The second-order valence-corrected chi connectivity index (χ2v) is 4.48. The number of hydrogen-bond acceptors (Lipinski definition) is 4. The first-order chi connectivity index (χ1) is 7.78. The molecule has 0 aromatic carbocycles. The zero-order valence-corrected chi connectivity index (χ0v) is 10.1. The lowest BCUT2D eigenvalue weighted by molar-refractivity contribution is 0.0636. The number of hydrogen-bond donors (Lipinski definition) is 1. The van der Waals surface area contributed by atoms with E-state index in [1.54, 1.807) is 26.8 Å². The van der Waals surface area contributed by atoms with Gasteiger partial charge in [0.25, 0.3) is 0 Å². The smallest absolute Gasteiger partial charge is 0.412 e. The van der Waals surface area contributed by atoms with Crippen molar-refractivity contribution < 1.29 is 14.3 Å². The summed E-state index contributed by atoms with van der Waals surface area (Å²) >= 11 is 0. The number of pyridine rings is 1. The number of amides is 1. The molecule has 1 heterocycles. The summed E-state index contributed by atoms with van der Waals surface area (Å²) in [5, 5.41) is 2.51. The summed E-state index contributed by atoms with van der Waals surface area (Å²) in [7, 11) is 0. The van der Waals surface area contributed by atoms with Crippen molar-refractivity contribution in [3.05, 3.63) is 30.9 Å². The number of ether oxygens (including phenoxy) is 1. The van der Waals surface area contributed by atoms with Gasteiger partial charge in [-0.15, -0.1) is 0 Å². The number of Topliss-reactive ketones (excluding diaryl/α,β-unsaturated/α-hetero) is 1. The first-order valence-corrected chi connectivity index (χ1v) is 5.10. The Bertz CT molecular complexity index is 418. The van der Waals surface area contributed by atoms with Crippen LogP contribution >= 0.6 is 0 Å². The second kappa shape index (κ2) is 4.95. The predicted octanol–water partition coefficient (Wildman–Crippen LogP) is 2.45. The quantitative estimate of drug-likeness (QED) is 0.799. The number of carbonyl (C=O) groups is 2. The van der Waals surface area contributed by atoms with E-state index in [1.807, 2.05) is 0 Å². The highest BCUT2D eigenvalue weighted by Gasteiger charge is 2.16. The Morgan fingerprint density at radius 1 is 1.35 bits per heavy atom. The maximum Gasteiger partial charge on any atom is 0.412 e. The minimum Gasteiger partial charge on any atom is -0.444 e. The molecule has 0 aliphatic carbocycles. The van der Waals surface area contributed by atoms with E-state index < -0.39 is 11.7 Å². The Morgan fingerprint density at radius 3 is 2.41 bits per heavy atom.